The average Bonchev–Trinajstić information content (AvgIpc) is 2.23. The van der Waals surface area contributed by atoms with E-state index in [-0.39, 0.29) is 22.6 Å². The van der Waals surface area contributed by atoms with Crippen LogP contribution in [-0.2, 0) is 0 Å². The molecule has 2 rings (SSSR count). The highest BCUT2D eigenvalue weighted by Crippen LogP contribution is 2.41. The lowest BCUT2D eigenvalue weighted by atomic mass is 10.1. The Balaban J connectivity index is 2.77. The van der Waals surface area contributed by atoms with E-state index in [0.29, 0.717) is 6.07 Å². The Bertz CT molecular complexity index is 609. The van der Waals surface area contributed by atoms with Gasteiger partial charge in [-0.15, -0.1) is 0 Å². The van der Waals surface area contributed by atoms with E-state index in [1.54, 1.807) is 13.8 Å². The van der Waals surface area contributed by atoms with Gasteiger partial charge in [-0.2, -0.15) is 0 Å². The van der Waals surface area contributed by atoms with Gasteiger partial charge in [-0.05, 0) is 19.9 Å². The highest BCUT2D eigenvalue weighted by molar-refractivity contribution is 5.95. The van der Waals surface area contributed by atoms with Crippen molar-refractivity contribution in [3.8, 4) is 17.2 Å². The number of phenolic OH excluding ortho intramolecular Hbond substituents is 2. The molecule has 0 aliphatic heterocycles. The van der Waals surface area contributed by atoms with Crippen molar-refractivity contribution in [3.63, 3.8) is 0 Å². The number of hydrogen-bond donors (Lipinski definition) is 2. The average molecular weight is 254 g/mol. The van der Waals surface area contributed by atoms with E-state index in [9.17, 15) is 19.0 Å². The molecule has 0 saturated heterocycles. The van der Waals surface area contributed by atoms with Crippen molar-refractivity contribution in [2.45, 2.75) is 20.0 Å². The second-order valence-electron chi connectivity index (χ2n) is 4.22. The van der Waals surface area contributed by atoms with E-state index >= 15 is 0 Å². The smallest absolute Gasteiger partial charge is 0.166 e. The van der Waals surface area contributed by atoms with Crippen LogP contribution in [0.25, 0.3) is 10.8 Å². The molecule has 0 spiro atoms. The van der Waals surface area contributed by atoms with Crippen LogP contribution in [-0.4, -0.2) is 16.3 Å². The molecule has 0 radical (unpaired) electrons. The second-order valence-corrected chi connectivity index (χ2v) is 4.22. The number of hydrogen-bond acceptors (Lipinski definition) is 3. The first-order chi connectivity index (χ1) is 8.40. The van der Waals surface area contributed by atoms with Crippen LogP contribution in [0, 0.1) is 11.6 Å². The Morgan fingerprint density at radius 1 is 1.11 bits per heavy atom. The predicted octanol–water partition coefficient (Wildman–Crippen LogP) is 3.32. The number of aromatic hydroxyl groups is 2. The molecule has 0 atom stereocenters. The molecule has 18 heavy (non-hydrogen) atoms. The monoisotopic (exact) mass is 254 g/mol. The summed E-state index contributed by atoms with van der Waals surface area (Å²) in [5.41, 5.74) is 0. The molecule has 0 bridgehead atoms. The topological polar surface area (TPSA) is 49.7 Å². The third kappa shape index (κ3) is 2.03. The third-order valence-electron chi connectivity index (χ3n) is 2.43. The molecular formula is C13H12F2O3. The molecular weight excluding hydrogens is 242 g/mol. The van der Waals surface area contributed by atoms with Gasteiger partial charge in [0.15, 0.2) is 11.5 Å². The summed E-state index contributed by atoms with van der Waals surface area (Å²) < 4.78 is 31.9. The minimum absolute atomic E-state index is 0.0139. The Morgan fingerprint density at radius 3 is 2.39 bits per heavy atom. The zero-order valence-electron chi connectivity index (χ0n) is 9.87. The van der Waals surface area contributed by atoms with E-state index in [1.165, 1.54) is 0 Å². The third-order valence-corrected chi connectivity index (χ3v) is 2.43. The number of phenols is 2. The normalized spacial score (nSPS) is 11.2. The van der Waals surface area contributed by atoms with Gasteiger partial charge in [-0.1, -0.05) is 0 Å². The number of rotatable bonds is 2. The Hall–Kier alpha value is -2.04. The first-order valence-corrected chi connectivity index (χ1v) is 5.40. The van der Waals surface area contributed by atoms with Gasteiger partial charge in [0.2, 0.25) is 0 Å². The molecule has 0 fully saturated rings. The summed E-state index contributed by atoms with van der Waals surface area (Å²) in [6.45, 7) is 3.46. The Morgan fingerprint density at radius 2 is 1.78 bits per heavy atom. The van der Waals surface area contributed by atoms with Crippen LogP contribution >= 0.6 is 0 Å². The summed E-state index contributed by atoms with van der Waals surface area (Å²) in [5, 5.41) is 19.3. The van der Waals surface area contributed by atoms with Crippen LogP contribution in [0.15, 0.2) is 18.2 Å². The number of halogens is 2. The van der Waals surface area contributed by atoms with E-state index < -0.39 is 23.1 Å². The van der Waals surface area contributed by atoms with Gasteiger partial charge in [0.05, 0.1) is 11.5 Å². The Labute approximate surface area is 102 Å². The maximum atomic E-state index is 13.5. The first kappa shape index (κ1) is 12.4. The van der Waals surface area contributed by atoms with Gasteiger partial charge < -0.3 is 14.9 Å². The largest absolute Gasteiger partial charge is 0.507 e. The van der Waals surface area contributed by atoms with E-state index in [2.05, 4.69) is 0 Å². The van der Waals surface area contributed by atoms with Gasteiger partial charge in [0.1, 0.15) is 17.4 Å². The van der Waals surface area contributed by atoms with Crippen LogP contribution in [0.5, 0.6) is 17.2 Å². The molecule has 0 heterocycles. The number of benzene rings is 2. The molecule has 0 amide bonds. The van der Waals surface area contributed by atoms with Crippen molar-refractivity contribution in [1.82, 2.24) is 0 Å². The van der Waals surface area contributed by atoms with Gasteiger partial charge in [-0.3, -0.25) is 0 Å². The standard InChI is InChI=1S/C13H12F2O3/c1-6(2)18-11-5-10(16)12-8(13(11)17)3-7(14)4-9(12)15/h3-6,16-17H,1-2H3. The summed E-state index contributed by atoms with van der Waals surface area (Å²) >= 11 is 0. The summed E-state index contributed by atoms with van der Waals surface area (Å²) in [6, 6.07) is 2.70. The minimum Gasteiger partial charge on any atom is -0.507 e. The number of fused-ring (bicyclic) bond motifs is 1. The molecule has 0 aliphatic rings. The second kappa shape index (κ2) is 4.33. The SMILES string of the molecule is CC(C)Oc1cc(O)c2c(F)cc(F)cc2c1O. The van der Waals surface area contributed by atoms with Crippen molar-refractivity contribution in [1.29, 1.82) is 0 Å². The first-order valence-electron chi connectivity index (χ1n) is 5.40. The van der Waals surface area contributed by atoms with Crippen molar-refractivity contribution >= 4 is 10.8 Å². The van der Waals surface area contributed by atoms with Crippen LogP contribution in [0.2, 0.25) is 0 Å². The Kier molecular flexibility index (Phi) is 2.98. The molecule has 3 nitrogen and oxygen atoms in total. The highest BCUT2D eigenvalue weighted by atomic mass is 19.1. The fraction of sp³-hybridized carbons (Fsp3) is 0.231. The van der Waals surface area contributed by atoms with Crippen molar-refractivity contribution in [3.05, 3.63) is 29.8 Å². The molecule has 2 aromatic rings. The summed E-state index contributed by atoms with van der Waals surface area (Å²) in [5.74, 6) is -2.59. The molecule has 0 aliphatic carbocycles. The maximum Gasteiger partial charge on any atom is 0.166 e. The van der Waals surface area contributed by atoms with Crippen LogP contribution in [0.3, 0.4) is 0 Å². The summed E-state index contributed by atoms with van der Waals surface area (Å²) in [7, 11) is 0. The molecule has 96 valence electrons. The van der Waals surface area contributed by atoms with E-state index in [0.717, 1.165) is 12.1 Å². The van der Waals surface area contributed by atoms with Crippen molar-refractivity contribution < 1.29 is 23.7 Å². The molecule has 0 saturated carbocycles. The molecule has 2 N–H and O–H groups in total. The molecule has 0 aromatic heterocycles. The van der Waals surface area contributed by atoms with Crippen LogP contribution < -0.4 is 4.74 Å². The molecule has 2 aromatic carbocycles. The zero-order chi connectivity index (χ0) is 13.4. The van der Waals surface area contributed by atoms with Gasteiger partial charge in [0, 0.05) is 17.5 Å². The minimum atomic E-state index is -0.936. The van der Waals surface area contributed by atoms with E-state index in [4.69, 9.17) is 4.74 Å². The fourth-order valence-electron chi connectivity index (χ4n) is 1.76. The lowest BCUT2D eigenvalue weighted by Crippen LogP contribution is -2.05. The lowest BCUT2D eigenvalue weighted by molar-refractivity contribution is 0.232. The lowest BCUT2D eigenvalue weighted by Gasteiger charge is -2.14. The van der Waals surface area contributed by atoms with Crippen LogP contribution in [0.4, 0.5) is 8.78 Å². The fourth-order valence-corrected chi connectivity index (χ4v) is 1.76. The van der Waals surface area contributed by atoms with Crippen molar-refractivity contribution in [2.24, 2.45) is 0 Å². The van der Waals surface area contributed by atoms with Gasteiger partial charge >= 0.3 is 0 Å². The number of ether oxygens (including phenoxy) is 1. The summed E-state index contributed by atoms with van der Waals surface area (Å²) in [4.78, 5) is 0. The van der Waals surface area contributed by atoms with Gasteiger partial charge in [0.25, 0.3) is 0 Å². The predicted molar refractivity (Wildman–Crippen MR) is 63.0 cm³/mol. The molecule has 5 heteroatoms. The molecule has 0 unspecified atom stereocenters. The van der Waals surface area contributed by atoms with Gasteiger partial charge in [-0.25, -0.2) is 8.78 Å². The summed E-state index contributed by atoms with van der Waals surface area (Å²) in [6.07, 6.45) is -0.244. The van der Waals surface area contributed by atoms with E-state index in [1.807, 2.05) is 0 Å². The quantitative estimate of drug-likeness (QED) is 0.808. The van der Waals surface area contributed by atoms with Crippen molar-refractivity contribution in [2.75, 3.05) is 0 Å². The highest BCUT2D eigenvalue weighted by Gasteiger charge is 2.17. The maximum absolute atomic E-state index is 13.5. The zero-order valence-corrected chi connectivity index (χ0v) is 9.87. The van der Waals surface area contributed by atoms with Crippen LogP contribution in [0.1, 0.15) is 13.8 Å².